The van der Waals surface area contributed by atoms with Gasteiger partial charge in [-0.05, 0) is 6.42 Å². The molecule has 0 saturated carbocycles. The molecule has 0 saturated heterocycles. The SMILES string of the molecule is CCCC=O.C[S+](C)[O-]. The Morgan fingerprint density at radius 1 is 1.56 bits per heavy atom. The van der Waals surface area contributed by atoms with Gasteiger partial charge >= 0.3 is 0 Å². The zero-order chi connectivity index (χ0) is 7.70. The van der Waals surface area contributed by atoms with Crippen LogP contribution in [0.4, 0.5) is 0 Å². The zero-order valence-electron chi connectivity index (χ0n) is 6.22. The molecule has 9 heavy (non-hydrogen) atoms. The molecule has 0 bridgehead atoms. The van der Waals surface area contributed by atoms with Gasteiger partial charge in [0, 0.05) is 6.42 Å². The lowest BCUT2D eigenvalue weighted by Crippen LogP contribution is -1.86. The first-order valence-electron chi connectivity index (χ1n) is 2.83. The van der Waals surface area contributed by atoms with Crippen molar-refractivity contribution in [3.8, 4) is 0 Å². The third kappa shape index (κ3) is 72.8. The van der Waals surface area contributed by atoms with E-state index in [1.807, 2.05) is 6.92 Å². The molecule has 56 valence electrons. The fourth-order valence-corrected chi connectivity index (χ4v) is 0.118. The first-order chi connectivity index (χ1) is 4.15. The molecule has 0 atom stereocenters. The molecule has 0 N–H and O–H groups in total. The average Bonchev–Trinajstić information content (AvgIpc) is 1.66. The molecule has 2 nitrogen and oxygen atoms in total. The molecule has 3 heteroatoms. The van der Waals surface area contributed by atoms with Crippen LogP contribution in [0.15, 0.2) is 0 Å². The van der Waals surface area contributed by atoms with Crippen molar-refractivity contribution in [3.63, 3.8) is 0 Å². The predicted octanol–water partition coefficient (Wildman–Crippen LogP) is 0.980. The van der Waals surface area contributed by atoms with Crippen molar-refractivity contribution in [1.82, 2.24) is 0 Å². The maximum Gasteiger partial charge on any atom is 0.119 e. The van der Waals surface area contributed by atoms with E-state index < -0.39 is 11.2 Å². The normalized spacial score (nSPS) is 8.11. The van der Waals surface area contributed by atoms with Crippen molar-refractivity contribution in [1.29, 1.82) is 0 Å². The second-order valence-corrected chi connectivity index (χ2v) is 3.18. The quantitative estimate of drug-likeness (QED) is 0.435. The molecule has 0 aliphatic heterocycles. The molecular weight excluding hydrogens is 136 g/mol. The highest BCUT2D eigenvalue weighted by atomic mass is 32.2. The first kappa shape index (κ1) is 11.7. The number of carbonyl (C=O) groups excluding carboxylic acids is 1. The van der Waals surface area contributed by atoms with Crippen molar-refractivity contribution in [2.24, 2.45) is 0 Å². The van der Waals surface area contributed by atoms with Crippen LogP contribution in [0.1, 0.15) is 19.8 Å². The van der Waals surface area contributed by atoms with E-state index in [2.05, 4.69) is 0 Å². The molecule has 0 aromatic carbocycles. The van der Waals surface area contributed by atoms with E-state index in [-0.39, 0.29) is 0 Å². The van der Waals surface area contributed by atoms with Gasteiger partial charge < -0.3 is 9.35 Å². The van der Waals surface area contributed by atoms with E-state index in [4.69, 9.17) is 0 Å². The minimum absolute atomic E-state index is 0.611. The van der Waals surface area contributed by atoms with Gasteiger partial charge in [0.05, 0.1) is 12.5 Å². The minimum Gasteiger partial charge on any atom is -0.617 e. The third-order valence-electron chi connectivity index (χ3n) is 0.407. The van der Waals surface area contributed by atoms with Gasteiger partial charge in [0.15, 0.2) is 0 Å². The van der Waals surface area contributed by atoms with Crippen molar-refractivity contribution in [2.75, 3.05) is 12.5 Å². The van der Waals surface area contributed by atoms with Crippen LogP contribution < -0.4 is 0 Å². The minimum atomic E-state index is -0.611. The second kappa shape index (κ2) is 10.9. The summed E-state index contributed by atoms with van der Waals surface area (Å²) in [4.78, 5) is 9.40. The summed E-state index contributed by atoms with van der Waals surface area (Å²) in [5.74, 6) is 0. The summed E-state index contributed by atoms with van der Waals surface area (Å²) in [6.07, 6.45) is 5.89. The lowest BCUT2D eigenvalue weighted by molar-refractivity contribution is -0.107. The third-order valence-corrected chi connectivity index (χ3v) is 0.407. The summed E-state index contributed by atoms with van der Waals surface area (Å²) in [6, 6.07) is 0. The molecule has 0 aliphatic rings. The highest BCUT2D eigenvalue weighted by Crippen LogP contribution is 1.74. The van der Waals surface area contributed by atoms with E-state index in [9.17, 15) is 9.35 Å². The van der Waals surface area contributed by atoms with Crippen LogP contribution in [-0.4, -0.2) is 23.4 Å². The summed E-state index contributed by atoms with van der Waals surface area (Å²) >= 11 is -0.611. The van der Waals surface area contributed by atoms with Gasteiger partial charge in [-0.15, -0.1) is 0 Å². The highest BCUT2D eigenvalue weighted by Gasteiger charge is 1.67. The molecule has 0 amide bonds. The van der Waals surface area contributed by atoms with Crippen LogP contribution in [0, 0.1) is 0 Å². The van der Waals surface area contributed by atoms with E-state index in [1.165, 1.54) is 0 Å². The lowest BCUT2D eigenvalue weighted by Gasteiger charge is -1.87. The number of hydrogen-bond donors (Lipinski definition) is 0. The summed E-state index contributed by atoms with van der Waals surface area (Å²) in [7, 11) is 0. The lowest BCUT2D eigenvalue weighted by atomic mass is 10.4. The smallest absolute Gasteiger partial charge is 0.119 e. The van der Waals surface area contributed by atoms with E-state index in [1.54, 1.807) is 12.5 Å². The maximum atomic E-state index is 9.56. The van der Waals surface area contributed by atoms with Gasteiger partial charge in [-0.2, -0.15) is 0 Å². The second-order valence-electron chi connectivity index (χ2n) is 1.70. The van der Waals surface area contributed by atoms with Crippen LogP contribution >= 0.6 is 0 Å². The molecule has 0 spiro atoms. The van der Waals surface area contributed by atoms with Gasteiger partial charge in [-0.1, -0.05) is 18.1 Å². The fraction of sp³-hybridized carbons (Fsp3) is 0.833. The molecule has 0 aromatic rings. The van der Waals surface area contributed by atoms with Crippen LogP contribution in [-0.2, 0) is 16.0 Å². The molecule has 0 rings (SSSR count). The molecular formula is C6H14O2S. The van der Waals surface area contributed by atoms with Gasteiger partial charge in [0.2, 0.25) is 0 Å². The number of carbonyl (C=O) groups is 1. The van der Waals surface area contributed by atoms with Crippen LogP contribution in [0.5, 0.6) is 0 Å². The standard InChI is InChI=1S/C4H8O.C2H6OS/c1-2-3-4-5;1-4(2)3/h4H,2-3H2,1H3;1-2H3. The van der Waals surface area contributed by atoms with Gasteiger partial charge in [-0.3, -0.25) is 0 Å². The number of rotatable bonds is 2. The Bertz CT molecular complexity index is 52.3. The molecule has 0 aromatic heterocycles. The molecule has 0 radical (unpaired) electrons. The highest BCUT2D eigenvalue weighted by molar-refractivity contribution is 7.89. The summed E-state index contributed by atoms with van der Waals surface area (Å²) in [6.45, 7) is 1.98. The Kier molecular flexibility index (Phi) is 14.2. The fourth-order valence-electron chi connectivity index (χ4n) is 0.118. The Morgan fingerprint density at radius 3 is 1.89 bits per heavy atom. The Hall–Kier alpha value is -0.0200. The zero-order valence-corrected chi connectivity index (χ0v) is 7.03. The first-order valence-corrected chi connectivity index (χ1v) is 4.80. The Labute approximate surface area is 59.8 Å². The number of hydrogen-bond acceptors (Lipinski definition) is 2. The summed E-state index contributed by atoms with van der Waals surface area (Å²) < 4.78 is 9.56. The Morgan fingerprint density at radius 2 is 1.89 bits per heavy atom. The monoisotopic (exact) mass is 150 g/mol. The van der Waals surface area contributed by atoms with Crippen molar-refractivity contribution in [2.45, 2.75) is 19.8 Å². The van der Waals surface area contributed by atoms with Crippen molar-refractivity contribution in [3.05, 3.63) is 0 Å². The number of unbranched alkanes of at least 4 members (excludes halogenated alkanes) is 1. The van der Waals surface area contributed by atoms with Crippen molar-refractivity contribution < 1.29 is 9.35 Å². The maximum absolute atomic E-state index is 9.56. The van der Waals surface area contributed by atoms with E-state index in [0.29, 0.717) is 6.42 Å². The van der Waals surface area contributed by atoms with Crippen LogP contribution in [0.2, 0.25) is 0 Å². The molecule has 0 aliphatic carbocycles. The van der Waals surface area contributed by atoms with Gasteiger partial charge in [0.25, 0.3) is 0 Å². The molecule has 0 heterocycles. The summed E-state index contributed by atoms with van der Waals surface area (Å²) in [5, 5.41) is 0. The topological polar surface area (TPSA) is 40.1 Å². The Balaban J connectivity index is 0. The van der Waals surface area contributed by atoms with Gasteiger partial charge in [-0.25, -0.2) is 0 Å². The number of aldehydes is 1. The summed E-state index contributed by atoms with van der Waals surface area (Å²) in [5.41, 5.74) is 0. The van der Waals surface area contributed by atoms with Crippen LogP contribution in [0.3, 0.4) is 0 Å². The molecule has 0 unspecified atom stereocenters. The van der Waals surface area contributed by atoms with Gasteiger partial charge in [0.1, 0.15) is 6.29 Å². The predicted molar refractivity (Wildman–Crippen MR) is 41.0 cm³/mol. The van der Waals surface area contributed by atoms with E-state index in [0.717, 1.165) is 12.7 Å². The van der Waals surface area contributed by atoms with E-state index >= 15 is 0 Å². The largest absolute Gasteiger partial charge is 0.617 e. The average molecular weight is 150 g/mol. The molecule has 0 fully saturated rings. The van der Waals surface area contributed by atoms with Crippen molar-refractivity contribution >= 4 is 17.5 Å². The van der Waals surface area contributed by atoms with Crippen LogP contribution in [0.25, 0.3) is 0 Å².